The lowest BCUT2D eigenvalue weighted by molar-refractivity contribution is -0.136. The van der Waals surface area contributed by atoms with Crippen LogP contribution < -0.4 is 10.1 Å². The smallest absolute Gasteiger partial charge is 0.261 e. The number of halogens is 2. The molecule has 1 aromatic rings. The van der Waals surface area contributed by atoms with E-state index in [1.807, 2.05) is 4.90 Å². The van der Waals surface area contributed by atoms with Crippen LogP contribution in [0.15, 0.2) is 24.3 Å². The maximum atomic E-state index is 12.8. The number of rotatable bonds is 3. The fourth-order valence-corrected chi connectivity index (χ4v) is 3.14. The number of carbonyl (C=O) groups is 1. The van der Waals surface area contributed by atoms with Crippen LogP contribution in [0.4, 0.5) is 4.39 Å². The third-order valence-electron chi connectivity index (χ3n) is 4.12. The fraction of sp³-hybridized carbons (Fsp3) is 0.533. The van der Waals surface area contributed by atoms with Crippen molar-refractivity contribution < 1.29 is 13.9 Å². The predicted octanol–water partition coefficient (Wildman–Crippen LogP) is 1.98. The van der Waals surface area contributed by atoms with Crippen LogP contribution in [0.2, 0.25) is 0 Å². The summed E-state index contributed by atoms with van der Waals surface area (Å²) in [7, 11) is 0. The predicted molar refractivity (Wildman–Crippen MR) is 80.3 cm³/mol. The first-order valence-electron chi connectivity index (χ1n) is 7.14. The van der Waals surface area contributed by atoms with Crippen LogP contribution in [0, 0.1) is 5.82 Å². The van der Waals surface area contributed by atoms with Gasteiger partial charge in [-0.3, -0.25) is 4.79 Å². The second-order valence-corrected chi connectivity index (χ2v) is 5.42. The van der Waals surface area contributed by atoms with Crippen LogP contribution in [0.1, 0.15) is 19.3 Å². The molecule has 0 spiro atoms. The molecule has 116 valence electrons. The maximum absolute atomic E-state index is 12.8. The first-order valence-corrected chi connectivity index (χ1v) is 7.14. The minimum atomic E-state index is -0.305. The van der Waals surface area contributed by atoms with E-state index in [2.05, 4.69) is 5.32 Å². The molecular weight excluding hydrogens is 295 g/mol. The average molecular weight is 315 g/mol. The summed E-state index contributed by atoms with van der Waals surface area (Å²) in [4.78, 5) is 14.3. The molecule has 3 rings (SSSR count). The van der Waals surface area contributed by atoms with Crippen molar-refractivity contribution in [2.24, 2.45) is 0 Å². The van der Waals surface area contributed by atoms with Crippen molar-refractivity contribution in [3.63, 3.8) is 0 Å². The van der Waals surface area contributed by atoms with E-state index >= 15 is 0 Å². The molecule has 0 radical (unpaired) electrons. The Balaban J connectivity index is 0.00000161. The normalized spacial score (nSPS) is 24.1. The van der Waals surface area contributed by atoms with Gasteiger partial charge in [-0.05, 0) is 50.1 Å². The van der Waals surface area contributed by atoms with Gasteiger partial charge in [0.15, 0.2) is 6.61 Å². The highest BCUT2D eigenvalue weighted by atomic mass is 35.5. The van der Waals surface area contributed by atoms with Gasteiger partial charge < -0.3 is 15.0 Å². The number of amides is 1. The Labute approximate surface area is 130 Å². The average Bonchev–Trinajstić information content (AvgIpc) is 2.71. The number of benzene rings is 1. The van der Waals surface area contributed by atoms with Gasteiger partial charge in [0.2, 0.25) is 0 Å². The molecule has 4 nitrogen and oxygen atoms in total. The minimum Gasteiger partial charge on any atom is -0.484 e. The zero-order valence-corrected chi connectivity index (χ0v) is 12.6. The van der Waals surface area contributed by atoms with Crippen LogP contribution in [-0.2, 0) is 4.79 Å². The molecule has 21 heavy (non-hydrogen) atoms. The molecule has 2 aliphatic rings. The number of ether oxygens (including phenoxy) is 1. The molecule has 2 saturated heterocycles. The van der Waals surface area contributed by atoms with E-state index < -0.39 is 0 Å². The zero-order chi connectivity index (χ0) is 13.9. The Morgan fingerprint density at radius 1 is 1.24 bits per heavy atom. The molecule has 1 aromatic carbocycles. The molecule has 1 amide bonds. The molecule has 0 aliphatic carbocycles. The highest BCUT2D eigenvalue weighted by Gasteiger charge is 2.37. The van der Waals surface area contributed by atoms with Gasteiger partial charge in [-0.25, -0.2) is 4.39 Å². The van der Waals surface area contributed by atoms with Crippen molar-refractivity contribution in [3.05, 3.63) is 30.1 Å². The van der Waals surface area contributed by atoms with Gasteiger partial charge in [-0.2, -0.15) is 0 Å². The third kappa shape index (κ3) is 3.66. The van der Waals surface area contributed by atoms with Gasteiger partial charge in [-0.1, -0.05) is 0 Å². The number of nitrogens with zero attached hydrogens (tertiary/aromatic N) is 1. The van der Waals surface area contributed by atoms with Crippen molar-refractivity contribution >= 4 is 18.3 Å². The number of nitrogens with one attached hydrogen (secondary N) is 1. The Bertz CT molecular complexity index is 469. The van der Waals surface area contributed by atoms with E-state index in [4.69, 9.17) is 4.74 Å². The molecule has 2 fully saturated rings. The second kappa shape index (κ2) is 7.09. The van der Waals surface area contributed by atoms with Gasteiger partial charge in [0.1, 0.15) is 11.6 Å². The van der Waals surface area contributed by atoms with E-state index in [-0.39, 0.29) is 30.7 Å². The molecule has 2 atom stereocenters. The van der Waals surface area contributed by atoms with Crippen molar-refractivity contribution in [2.45, 2.75) is 31.3 Å². The highest BCUT2D eigenvalue weighted by Crippen LogP contribution is 2.28. The molecule has 2 bridgehead atoms. The first-order chi connectivity index (χ1) is 9.74. The lowest BCUT2D eigenvalue weighted by Gasteiger charge is -2.27. The molecule has 2 aliphatic heterocycles. The van der Waals surface area contributed by atoms with E-state index in [0.29, 0.717) is 17.8 Å². The van der Waals surface area contributed by atoms with Crippen LogP contribution in [-0.4, -0.2) is 42.6 Å². The summed E-state index contributed by atoms with van der Waals surface area (Å²) in [5.41, 5.74) is 0. The molecule has 0 saturated carbocycles. The van der Waals surface area contributed by atoms with Crippen molar-refractivity contribution in [1.29, 1.82) is 0 Å². The monoisotopic (exact) mass is 314 g/mol. The SMILES string of the molecule is Cl.O=C(COc1ccc(F)cc1)N1C2CCNCC1CC2. The van der Waals surface area contributed by atoms with Crippen molar-refractivity contribution in [3.8, 4) is 5.75 Å². The first kappa shape index (κ1) is 16.0. The molecule has 2 unspecified atom stereocenters. The van der Waals surface area contributed by atoms with Crippen LogP contribution in [0.5, 0.6) is 5.75 Å². The van der Waals surface area contributed by atoms with Crippen molar-refractivity contribution in [1.82, 2.24) is 10.2 Å². The Hall–Kier alpha value is -1.33. The summed E-state index contributed by atoms with van der Waals surface area (Å²) in [6.45, 7) is 1.88. The second-order valence-electron chi connectivity index (χ2n) is 5.42. The number of hydrogen-bond acceptors (Lipinski definition) is 3. The molecule has 6 heteroatoms. The Morgan fingerprint density at radius 2 is 1.95 bits per heavy atom. The molecular formula is C15H20ClFN2O2. The Morgan fingerprint density at radius 3 is 2.71 bits per heavy atom. The lowest BCUT2D eigenvalue weighted by Crippen LogP contribution is -2.44. The van der Waals surface area contributed by atoms with E-state index in [9.17, 15) is 9.18 Å². The number of carbonyl (C=O) groups excluding carboxylic acids is 1. The van der Waals surface area contributed by atoms with Crippen LogP contribution in [0.3, 0.4) is 0 Å². The quantitative estimate of drug-likeness (QED) is 0.927. The number of hydrogen-bond donors (Lipinski definition) is 1. The standard InChI is InChI=1S/C15H19FN2O2.ClH/c16-11-1-5-14(6-2-11)20-10-15(19)18-12-3-4-13(18)9-17-8-7-12;/h1-2,5-6,12-13,17H,3-4,7-10H2;1H. The number of fused-ring (bicyclic) bond motifs is 2. The molecule has 0 aromatic heterocycles. The molecule has 2 heterocycles. The van der Waals surface area contributed by atoms with Crippen LogP contribution in [0.25, 0.3) is 0 Å². The zero-order valence-electron chi connectivity index (χ0n) is 11.8. The summed E-state index contributed by atoms with van der Waals surface area (Å²) in [6.07, 6.45) is 3.17. The summed E-state index contributed by atoms with van der Waals surface area (Å²) < 4.78 is 18.3. The van der Waals surface area contributed by atoms with E-state index in [1.54, 1.807) is 12.1 Å². The largest absolute Gasteiger partial charge is 0.484 e. The maximum Gasteiger partial charge on any atom is 0.261 e. The lowest BCUT2D eigenvalue weighted by atomic mass is 10.1. The summed E-state index contributed by atoms with van der Waals surface area (Å²) in [5.74, 6) is 0.255. The highest BCUT2D eigenvalue weighted by molar-refractivity contribution is 5.85. The van der Waals surface area contributed by atoms with Crippen molar-refractivity contribution in [2.75, 3.05) is 19.7 Å². The summed E-state index contributed by atoms with van der Waals surface area (Å²) in [6, 6.07) is 6.40. The molecule has 1 N–H and O–H groups in total. The Kier molecular flexibility index (Phi) is 5.42. The van der Waals surface area contributed by atoms with Crippen LogP contribution >= 0.6 is 12.4 Å². The third-order valence-corrected chi connectivity index (χ3v) is 4.12. The van der Waals surface area contributed by atoms with Gasteiger partial charge in [0.05, 0.1) is 0 Å². The van der Waals surface area contributed by atoms with E-state index in [1.165, 1.54) is 12.1 Å². The summed E-state index contributed by atoms with van der Waals surface area (Å²) >= 11 is 0. The van der Waals surface area contributed by atoms with Gasteiger partial charge in [-0.15, -0.1) is 12.4 Å². The topological polar surface area (TPSA) is 41.6 Å². The fourth-order valence-electron chi connectivity index (χ4n) is 3.14. The van der Waals surface area contributed by atoms with Gasteiger partial charge in [0, 0.05) is 18.6 Å². The van der Waals surface area contributed by atoms with Gasteiger partial charge >= 0.3 is 0 Å². The van der Waals surface area contributed by atoms with E-state index in [0.717, 1.165) is 32.4 Å². The van der Waals surface area contributed by atoms with Gasteiger partial charge in [0.25, 0.3) is 5.91 Å². The minimum absolute atomic E-state index is 0. The summed E-state index contributed by atoms with van der Waals surface area (Å²) in [5, 5.41) is 3.37.